The molecule has 0 aromatic heterocycles. The van der Waals surface area contributed by atoms with E-state index in [4.69, 9.17) is 14.2 Å². The van der Waals surface area contributed by atoms with E-state index in [1.807, 2.05) is 6.08 Å². The van der Waals surface area contributed by atoms with E-state index >= 15 is 0 Å². The molecule has 0 amide bonds. The normalized spacial score (nSPS) is 12.9. The molecule has 0 spiro atoms. The number of carbonyl (C=O) groups is 3. The molecule has 0 rings (SSSR count). The summed E-state index contributed by atoms with van der Waals surface area (Å²) in [5, 5.41) is 0. The Morgan fingerprint density at radius 2 is 0.532 bits per heavy atom. The van der Waals surface area contributed by atoms with Gasteiger partial charge in [0.1, 0.15) is 13.2 Å². The first-order chi connectivity index (χ1) is 38.0. The van der Waals surface area contributed by atoms with Crippen LogP contribution in [0.4, 0.5) is 0 Å². The number of allylic oxidation sites excluding steroid dienone is 20. The fraction of sp³-hybridized carbons (Fsp3) is 0.676. The fourth-order valence-corrected chi connectivity index (χ4v) is 8.65. The van der Waals surface area contributed by atoms with Crippen LogP contribution < -0.4 is 0 Å². The molecule has 0 aliphatic carbocycles. The highest BCUT2D eigenvalue weighted by Gasteiger charge is 2.19. The van der Waals surface area contributed by atoms with E-state index in [0.717, 1.165) is 103 Å². The van der Waals surface area contributed by atoms with Gasteiger partial charge in [-0.25, -0.2) is 0 Å². The molecular formula is C71H118O6. The minimum Gasteiger partial charge on any atom is -0.462 e. The smallest absolute Gasteiger partial charge is 0.306 e. The molecule has 0 aromatic carbocycles. The summed E-state index contributed by atoms with van der Waals surface area (Å²) in [6.07, 6.45) is 89.4. The molecule has 0 heterocycles. The molecule has 0 aliphatic rings. The summed E-state index contributed by atoms with van der Waals surface area (Å²) in [6.45, 7) is 6.42. The van der Waals surface area contributed by atoms with Crippen LogP contribution in [-0.2, 0) is 28.6 Å². The molecule has 6 heteroatoms. The number of hydrogen-bond acceptors (Lipinski definition) is 6. The van der Waals surface area contributed by atoms with E-state index in [1.165, 1.54) is 141 Å². The van der Waals surface area contributed by atoms with Crippen LogP contribution in [0.1, 0.15) is 290 Å². The van der Waals surface area contributed by atoms with Gasteiger partial charge in [-0.1, -0.05) is 271 Å². The monoisotopic (exact) mass is 1070 g/mol. The van der Waals surface area contributed by atoms with Gasteiger partial charge in [0.25, 0.3) is 0 Å². The van der Waals surface area contributed by atoms with Crippen molar-refractivity contribution >= 4 is 17.9 Å². The number of esters is 3. The highest BCUT2D eigenvalue weighted by molar-refractivity contribution is 5.71. The summed E-state index contributed by atoms with van der Waals surface area (Å²) >= 11 is 0. The molecule has 0 fully saturated rings. The molecule has 438 valence electrons. The summed E-state index contributed by atoms with van der Waals surface area (Å²) in [5.41, 5.74) is 0. The molecule has 0 bridgehead atoms. The average Bonchev–Trinajstić information content (AvgIpc) is 3.43. The standard InChI is InChI=1S/C71H118O6/c1-4-7-10-13-16-19-22-25-27-29-31-32-33-34-35-36-37-38-40-41-43-46-49-52-55-58-61-64-70(73)76-67-68(66-75-69(72)63-60-57-54-51-48-45-24-21-18-15-12-9-6-3)77-71(74)65-62-59-56-53-50-47-44-42-39-30-28-26-23-20-17-14-11-8-5-2/h9,12,17-18,20-22,25-26,28-29,31,33-34,39,42,45,48,54,57,68H,4-8,10-11,13-16,19,23-24,27,30,32,35-38,40-41,43-44,46-47,49-53,55-56,58-67H2,1-3H3/b12-9-,20-17-,21-18-,25-22-,28-26-,31-29-,34-33-,42-39-,48-45-,57-54-. The summed E-state index contributed by atoms with van der Waals surface area (Å²) in [7, 11) is 0. The molecule has 0 radical (unpaired) electrons. The largest absolute Gasteiger partial charge is 0.462 e. The van der Waals surface area contributed by atoms with E-state index in [-0.39, 0.29) is 37.5 Å². The first-order valence-corrected chi connectivity index (χ1v) is 32.0. The van der Waals surface area contributed by atoms with E-state index in [2.05, 4.69) is 136 Å². The number of carbonyl (C=O) groups excluding carboxylic acids is 3. The Bertz CT molecular complexity index is 1600. The molecule has 0 aromatic rings. The van der Waals surface area contributed by atoms with Crippen molar-refractivity contribution in [3.05, 3.63) is 122 Å². The van der Waals surface area contributed by atoms with Gasteiger partial charge >= 0.3 is 17.9 Å². The lowest BCUT2D eigenvalue weighted by atomic mass is 10.0. The molecule has 0 aliphatic heterocycles. The number of hydrogen-bond donors (Lipinski definition) is 0. The van der Waals surface area contributed by atoms with Crippen molar-refractivity contribution in [1.29, 1.82) is 0 Å². The second-order valence-corrected chi connectivity index (χ2v) is 20.9. The second kappa shape index (κ2) is 64.3. The van der Waals surface area contributed by atoms with Gasteiger partial charge < -0.3 is 14.2 Å². The zero-order valence-corrected chi connectivity index (χ0v) is 50.2. The van der Waals surface area contributed by atoms with Crippen LogP contribution in [0, 0.1) is 0 Å². The molecule has 6 nitrogen and oxygen atoms in total. The van der Waals surface area contributed by atoms with E-state index in [9.17, 15) is 14.4 Å². The van der Waals surface area contributed by atoms with Gasteiger partial charge in [-0.2, -0.15) is 0 Å². The minimum absolute atomic E-state index is 0.108. The van der Waals surface area contributed by atoms with Crippen molar-refractivity contribution in [1.82, 2.24) is 0 Å². The third kappa shape index (κ3) is 62.5. The third-order valence-corrected chi connectivity index (χ3v) is 13.4. The zero-order chi connectivity index (χ0) is 55.7. The first kappa shape index (κ1) is 72.8. The number of rotatable bonds is 57. The van der Waals surface area contributed by atoms with E-state index in [0.29, 0.717) is 19.3 Å². The zero-order valence-electron chi connectivity index (χ0n) is 50.2. The Hall–Kier alpha value is -4.19. The molecule has 0 saturated heterocycles. The number of ether oxygens (including phenoxy) is 3. The molecule has 0 N–H and O–H groups in total. The van der Waals surface area contributed by atoms with Crippen molar-refractivity contribution in [2.45, 2.75) is 297 Å². The van der Waals surface area contributed by atoms with Gasteiger partial charge in [0.05, 0.1) is 0 Å². The quantitative estimate of drug-likeness (QED) is 0.0261. The molecule has 1 unspecified atom stereocenters. The van der Waals surface area contributed by atoms with Gasteiger partial charge in [0.2, 0.25) is 0 Å². The van der Waals surface area contributed by atoms with Crippen molar-refractivity contribution in [2.24, 2.45) is 0 Å². The highest BCUT2D eigenvalue weighted by Crippen LogP contribution is 2.15. The molecule has 77 heavy (non-hydrogen) atoms. The molecular weight excluding hydrogens is 949 g/mol. The maximum atomic E-state index is 12.9. The van der Waals surface area contributed by atoms with Crippen LogP contribution >= 0.6 is 0 Å². The Kier molecular flexibility index (Phi) is 60.8. The summed E-state index contributed by atoms with van der Waals surface area (Å²) in [4.78, 5) is 38.2. The topological polar surface area (TPSA) is 78.9 Å². The third-order valence-electron chi connectivity index (χ3n) is 13.4. The Balaban J connectivity index is 4.36. The second-order valence-electron chi connectivity index (χ2n) is 20.9. The Labute approximate surface area is 475 Å². The van der Waals surface area contributed by atoms with E-state index < -0.39 is 6.10 Å². The lowest BCUT2D eigenvalue weighted by Crippen LogP contribution is -2.30. The highest BCUT2D eigenvalue weighted by atomic mass is 16.6. The van der Waals surface area contributed by atoms with Crippen molar-refractivity contribution in [3.8, 4) is 0 Å². The van der Waals surface area contributed by atoms with Crippen LogP contribution in [0.25, 0.3) is 0 Å². The summed E-state index contributed by atoms with van der Waals surface area (Å²) in [5.74, 6) is -1.01. The van der Waals surface area contributed by atoms with Crippen LogP contribution in [0.3, 0.4) is 0 Å². The lowest BCUT2D eigenvalue weighted by Gasteiger charge is -2.18. The predicted molar refractivity (Wildman–Crippen MR) is 334 cm³/mol. The Morgan fingerprint density at radius 1 is 0.273 bits per heavy atom. The van der Waals surface area contributed by atoms with Crippen molar-refractivity contribution < 1.29 is 28.6 Å². The Morgan fingerprint density at radius 3 is 0.896 bits per heavy atom. The van der Waals surface area contributed by atoms with Gasteiger partial charge in [-0.15, -0.1) is 0 Å². The van der Waals surface area contributed by atoms with Crippen LogP contribution in [0.2, 0.25) is 0 Å². The van der Waals surface area contributed by atoms with Crippen molar-refractivity contribution in [2.75, 3.05) is 13.2 Å². The maximum absolute atomic E-state index is 12.9. The SMILES string of the molecule is CC/C=C\C/C=C\C/C=C\C/C=C\CCC(=O)OCC(COC(=O)CCCCCCCCCCCCCC/C=C\C/C=C\C/C=C\CCCCCCC)OC(=O)CCCCCCCC/C=C\C/C=C\C/C=C\CCCCC. The molecule has 1 atom stereocenters. The number of unbranched alkanes of at least 4 members (excludes halogenated alkanes) is 26. The summed E-state index contributed by atoms with van der Waals surface area (Å²) in [6, 6.07) is 0. The van der Waals surface area contributed by atoms with Crippen LogP contribution in [0.15, 0.2) is 122 Å². The van der Waals surface area contributed by atoms with Crippen molar-refractivity contribution in [3.63, 3.8) is 0 Å². The maximum Gasteiger partial charge on any atom is 0.306 e. The first-order valence-electron chi connectivity index (χ1n) is 32.0. The minimum atomic E-state index is -0.819. The van der Waals surface area contributed by atoms with Gasteiger partial charge in [-0.05, 0) is 122 Å². The molecule has 0 saturated carbocycles. The van der Waals surface area contributed by atoms with E-state index in [1.54, 1.807) is 0 Å². The average molecular weight is 1070 g/mol. The lowest BCUT2D eigenvalue weighted by molar-refractivity contribution is -0.166. The van der Waals surface area contributed by atoms with Gasteiger partial charge in [0.15, 0.2) is 6.10 Å². The van der Waals surface area contributed by atoms with Gasteiger partial charge in [0, 0.05) is 19.3 Å². The van der Waals surface area contributed by atoms with Crippen LogP contribution in [-0.4, -0.2) is 37.2 Å². The van der Waals surface area contributed by atoms with Gasteiger partial charge in [-0.3, -0.25) is 14.4 Å². The summed E-state index contributed by atoms with van der Waals surface area (Å²) < 4.78 is 16.8. The van der Waals surface area contributed by atoms with Crippen LogP contribution in [0.5, 0.6) is 0 Å². The fourth-order valence-electron chi connectivity index (χ4n) is 8.65. The predicted octanol–water partition coefficient (Wildman–Crippen LogP) is 22.0.